The first-order chi connectivity index (χ1) is 12.8. The zero-order valence-corrected chi connectivity index (χ0v) is 16.5. The summed E-state index contributed by atoms with van der Waals surface area (Å²) in [6, 6.07) is 6.38. The molecular formula is C22H30N2OS. The molecule has 3 nitrogen and oxygen atoms in total. The molecule has 0 atom stereocenters. The lowest BCUT2D eigenvalue weighted by molar-refractivity contribution is 0.668. The minimum atomic E-state index is -0.423. The van der Waals surface area contributed by atoms with Gasteiger partial charge in [-0.25, -0.2) is 0 Å². The van der Waals surface area contributed by atoms with E-state index in [1.165, 1.54) is 86.6 Å². The molecule has 2 aliphatic carbocycles. The minimum Gasteiger partial charge on any atom is -0.264 e. The maximum atomic E-state index is 10.4. The van der Waals surface area contributed by atoms with Crippen LogP contribution >= 0.6 is 0 Å². The highest BCUT2D eigenvalue weighted by molar-refractivity contribution is 7.85. The van der Waals surface area contributed by atoms with E-state index >= 15 is 0 Å². The van der Waals surface area contributed by atoms with Crippen molar-refractivity contribution in [1.82, 2.24) is 9.97 Å². The van der Waals surface area contributed by atoms with Crippen LogP contribution in [0.5, 0.6) is 0 Å². The molecule has 1 aliphatic heterocycles. The molecule has 3 heterocycles. The van der Waals surface area contributed by atoms with E-state index in [0.29, 0.717) is 0 Å². The van der Waals surface area contributed by atoms with Gasteiger partial charge in [0.05, 0.1) is 0 Å². The van der Waals surface area contributed by atoms with Crippen LogP contribution in [0.3, 0.4) is 0 Å². The monoisotopic (exact) mass is 370 g/mol. The summed E-state index contributed by atoms with van der Waals surface area (Å²) in [6.07, 6.45) is 18.5. The second-order valence-electron chi connectivity index (χ2n) is 7.22. The first-order valence-electron chi connectivity index (χ1n) is 10.0. The smallest absolute Gasteiger partial charge is 0.0435 e. The molecule has 0 spiro atoms. The highest BCUT2D eigenvalue weighted by atomic mass is 32.2. The Morgan fingerprint density at radius 2 is 1.42 bits per heavy atom. The zero-order chi connectivity index (χ0) is 18.0. The number of fused-ring (bicyclic) bond motifs is 2. The predicted octanol–water partition coefficient (Wildman–Crippen LogP) is 4.45. The maximum absolute atomic E-state index is 10.4. The third kappa shape index (κ3) is 6.01. The van der Waals surface area contributed by atoms with Crippen LogP contribution in [-0.4, -0.2) is 25.7 Å². The van der Waals surface area contributed by atoms with Crippen molar-refractivity contribution in [2.24, 2.45) is 0 Å². The van der Waals surface area contributed by atoms with E-state index in [1.54, 1.807) is 0 Å². The highest BCUT2D eigenvalue weighted by Gasteiger charge is 2.08. The Labute approximate surface area is 160 Å². The molecule has 1 saturated heterocycles. The summed E-state index contributed by atoms with van der Waals surface area (Å²) in [4.78, 5) is 8.42. The van der Waals surface area contributed by atoms with Crippen LogP contribution in [0.4, 0.5) is 0 Å². The van der Waals surface area contributed by atoms with Crippen molar-refractivity contribution < 1.29 is 4.21 Å². The fourth-order valence-corrected chi connectivity index (χ4v) is 4.97. The van der Waals surface area contributed by atoms with E-state index in [0.717, 1.165) is 11.5 Å². The average Bonchev–Trinajstić information content (AvgIpc) is 3.20. The van der Waals surface area contributed by atoms with E-state index in [-0.39, 0.29) is 0 Å². The zero-order valence-electron chi connectivity index (χ0n) is 15.7. The summed E-state index contributed by atoms with van der Waals surface area (Å²) in [7, 11) is -0.423. The molecule has 0 amide bonds. The van der Waals surface area contributed by atoms with Gasteiger partial charge in [-0.05, 0) is 93.0 Å². The summed E-state index contributed by atoms with van der Waals surface area (Å²) in [6.45, 7) is 0. The molecule has 2 aromatic heterocycles. The molecule has 3 aliphatic rings. The van der Waals surface area contributed by atoms with Crippen molar-refractivity contribution in [3.05, 3.63) is 59.2 Å². The second kappa shape index (κ2) is 10.6. The van der Waals surface area contributed by atoms with Crippen LogP contribution in [0.25, 0.3) is 0 Å². The van der Waals surface area contributed by atoms with E-state index in [2.05, 4.69) is 22.1 Å². The van der Waals surface area contributed by atoms with E-state index < -0.39 is 10.8 Å². The van der Waals surface area contributed by atoms with Gasteiger partial charge in [0.25, 0.3) is 0 Å². The van der Waals surface area contributed by atoms with Crippen LogP contribution in [0.1, 0.15) is 60.9 Å². The Kier molecular flexibility index (Phi) is 7.81. The molecular weight excluding hydrogens is 340 g/mol. The molecule has 5 rings (SSSR count). The van der Waals surface area contributed by atoms with Gasteiger partial charge >= 0.3 is 0 Å². The summed E-state index contributed by atoms with van der Waals surface area (Å²) >= 11 is 0. The Hall–Kier alpha value is -1.55. The Bertz CT molecular complexity index is 607. The number of aromatic nitrogens is 2. The average molecular weight is 371 g/mol. The van der Waals surface area contributed by atoms with E-state index in [9.17, 15) is 4.21 Å². The summed E-state index contributed by atoms with van der Waals surface area (Å²) in [5.41, 5.74) is 5.78. The van der Waals surface area contributed by atoms with Gasteiger partial charge in [-0.1, -0.05) is 6.07 Å². The van der Waals surface area contributed by atoms with Crippen molar-refractivity contribution in [2.45, 2.75) is 64.2 Å². The number of nitrogens with zero attached hydrogens (tertiary/aromatic N) is 2. The van der Waals surface area contributed by atoms with Crippen molar-refractivity contribution in [1.29, 1.82) is 0 Å². The van der Waals surface area contributed by atoms with Crippen LogP contribution in [0.2, 0.25) is 0 Å². The second-order valence-corrected chi connectivity index (χ2v) is 8.92. The molecule has 140 valence electrons. The molecule has 0 N–H and O–H groups in total. The van der Waals surface area contributed by atoms with Gasteiger partial charge in [-0.15, -0.1) is 0 Å². The predicted molar refractivity (Wildman–Crippen MR) is 109 cm³/mol. The SMILES string of the molecule is O=S1CCCC1.c1cc2c(cn1)CCCC2.c1cnc2c(c1)CCCC2. The molecule has 0 radical (unpaired) electrons. The third-order valence-electron chi connectivity index (χ3n) is 5.24. The Balaban J connectivity index is 0.000000117. The highest BCUT2D eigenvalue weighted by Crippen LogP contribution is 2.19. The first-order valence-corrected chi connectivity index (χ1v) is 11.5. The van der Waals surface area contributed by atoms with Gasteiger partial charge in [0.2, 0.25) is 0 Å². The number of aryl methyl sites for hydroxylation is 4. The van der Waals surface area contributed by atoms with Gasteiger partial charge < -0.3 is 0 Å². The van der Waals surface area contributed by atoms with Crippen molar-refractivity contribution in [3.8, 4) is 0 Å². The molecule has 4 heteroatoms. The first kappa shape index (κ1) is 19.2. The van der Waals surface area contributed by atoms with Gasteiger partial charge in [-0.3, -0.25) is 14.2 Å². The Morgan fingerprint density at radius 3 is 2.08 bits per heavy atom. The molecule has 0 unspecified atom stereocenters. The molecule has 1 fully saturated rings. The van der Waals surface area contributed by atoms with Gasteiger partial charge in [0.15, 0.2) is 0 Å². The summed E-state index contributed by atoms with van der Waals surface area (Å²) in [5, 5.41) is 0. The topological polar surface area (TPSA) is 42.9 Å². The number of hydrogen-bond acceptors (Lipinski definition) is 3. The maximum Gasteiger partial charge on any atom is 0.0435 e. The molecule has 0 saturated carbocycles. The molecule has 2 aromatic rings. The summed E-state index contributed by atoms with van der Waals surface area (Å²) < 4.78 is 10.4. The van der Waals surface area contributed by atoms with Crippen LogP contribution in [0.15, 0.2) is 36.8 Å². The lowest BCUT2D eigenvalue weighted by atomic mass is 9.94. The lowest BCUT2D eigenvalue weighted by Crippen LogP contribution is -2.03. The normalized spacial score (nSPS) is 18.5. The third-order valence-corrected chi connectivity index (χ3v) is 6.72. The largest absolute Gasteiger partial charge is 0.264 e. The van der Waals surface area contributed by atoms with Gasteiger partial charge in [0, 0.05) is 46.6 Å². The minimum absolute atomic E-state index is 0.423. The fourth-order valence-electron chi connectivity index (χ4n) is 3.72. The van der Waals surface area contributed by atoms with Crippen LogP contribution < -0.4 is 0 Å². The van der Waals surface area contributed by atoms with Crippen LogP contribution in [-0.2, 0) is 36.5 Å². The van der Waals surface area contributed by atoms with Crippen molar-refractivity contribution >= 4 is 10.8 Å². The van der Waals surface area contributed by atoms with Crippen molar-refractivity contribution in [2.75, 3.05) is 11.5 Å². The quantitative estimate of drug-likeness (QED) is 0.688. The van der Waals surface area contributed by atoms with Crippen LogP contribution in [0, 0.1) is 0 Å². The fraction of sp³-hybridized carbons (Fsp3) is 0.545. The molecule has 0 aromatic carbocycles. The number of rotatable bonds is 0. The number of pyridine rings is 2. The van der Waals surface area contributed by atoms with E-state index in [4.69, 9.17) is 0 Å². The standard InChI is InChI=1S/2C9H11N.C4H8OS/c1-2-6-9-8(4-1)5-3-7-10-9;1-2-4-9-7-10-6-5-8(9)3-1;5-6-3-1-2-4-6/h3,5,7H,1-2,4,6H2;5-7H,1-4H2;1-4H2. The lowest BCUT2D eigenvalue weighted by Gasteiger charge is -2.13. The van der Waals surface area contributed by atoms with E-state index in [1.807, 2.05) is 24.7 Å². The van der Waals surface area contributed by atoms with Gasteiger partial charge in [0.1, 0.15) is 0 Å². The van der Waals surface area contributed by atoms with Crippen molar-refractivity contribution in [3.63, 3.8) is 0 Å². The van der Waals surface area contributed by atoms with Gasteiger partial charge in [-0.2, -0.15) is 0 Å². The molecule has 0 bridgehead atoms. The number of hydrogen-bond donors (Lipinski definition) is 0. The summed E-state index contributed by atoms with van der Waals surface area (Å²) in [5.74, 6) is 1.92. The molecule has 26 heavy (non-hydrogen) atoms. The Morgan fingerprint density at radius 1 is 0.731 bits per heavy atom.